The monoisotopic (exact) mass is 350 g/mol. The fraction of sp³-hybridized carbons (Fsp3) is 0.778. The number of fused-ring (bicyclic) bond motifs is 4. The molecule has 1 amide bonds. The van der Waals surface area contributed by atoms with E-state index in [1.54, 1.807) is 11.7 Å². The summed E-state index contributed by atoms with van der Waals surface area (Å²) in [7, 11) is 1.81. The lowest BCUT2D eigenvalue weighted by Gasteiger charge is -2.40. The highest BCUT2D eigenvalue weighted by atomic mass is 35.5. The predicted octanol–water partition coefficient (Wildman–Crippen LogP) is 2.72. The Labute approximate surface area is 148 Å². The SMILES string of the molecule is Cc1nn(C)c(C(=O)N2CC3CCC(C2)N(CC2CCC2)C3)c1Cl. The van der Waals surface area contributed by atoms with Crippen LogP contribution in [0.5, 0.6) is 0 Å². The number of aryl methyl sites for hydroxylation is 2. The van der Waals surface area contributed by atoms with Crippen LogP contribution in [0.3, 0.4) is 0 Å². The molecule has 0 radical (unpaired) electrons. The molecule has 4 aliphatic rings. The summed E-state index contributed by atoms with van der Waals surface area (Å²) in [5.74, 6) is 1.54. The molecule has 5 nitrogen and oxygen atoms in total. The third-order valence-corrected chi connectivity index (χ3v) is 6.64. The highest BCUT2D eigenvalue weighted by Gasteiger charge is 2.38. The largest absolute Gasteiger partial charge is 0.335 e. The van der Waals surface area contributed by atoms with E-state index in [0.717, 1.165) is 31.2 Å². The molecule has 4 fully saturated rings. The van der Waals surface area contributed by atoms with Crippen molar-refractivity contribution in [1.29, 1.82) is 0 Å². The third-order valence-electron chi connectivity index (χ3n) is 6.18. The summed E-state index contributed by atoms with van der Waals surface area (Å²) in [4.78, 5) is 17.8. The second kappa shape index (κ2) is 6.34. The number of hydrogen-bond acceptors (Lipinski definition) is 3. The van der Waals surface area contributed by atoms with Gasteiger partial charge in [0.05, 0.1) is 10.7 Å². The average Bonchev–Trinajstić information content (AvgIpc) is 2.71. The van der Waals surface area contributed by atoms with Gasteiger partial charge in [0.15, 0.2) is 0 Å². The van der Waals surface area contributed by atoms with Crippen LogP contribution in [0.1, 0.15) is 48.3 Å². The molecule has 6 heteroatoms. The first kappa shape index (κ1) is 16.4. The molecule has 2 unspecified atom stereocenters. The van der Waals surface area contributed by atoms with Crippen molar-refractivity contribution < 1.29 is 4.79 Å². The second-order valence-corrected chi connectivity index (χ2v) is 8.31. The topological polar surface area (TPSA) is 41.4 Å². The molecule has 1 aromatic rings. The molecule has 1 aliphatic carbocycles. The van der Waals surface area contributed by atoms with Crippen LogP contribution in [-0.2, 0) is 7.05 Å². The minimum absolute atomic E-state index is 0.0468. The zero-order valence-corrected chi connectivity index (χ0v) is 15.4. The van der Waals surface area contributed by atoms with Crippen LogP contribution in [0.2, 0.25) is 5.02 Å². The van der Waals surface area contributed by atoms with Crippen LogP contribution in [0.15, 0.2) is 0 Å². The van der Waals surface area contributed by atoms with Gasteiger partial charge in [-0.1, -0.05) is 18.0 Å². The molecule has 4 heterocycles. The Morgan fingerprint density at radius 3 is 2.62 bits per heavy atom. The molecule has 3 aliphatic heterocycles. The number of hydrogen-bond donors (Lipinski definition) is 0. The first-order chi connectivity index (χ1) is 11.5. The smallest absolute Gasteiger partial charge is 0.273 e. The maximum Gasteiger partial charge on any atom is 0.273 e. The minimum Gasteiger partial charge on any atom is -0.335 e. The Morgan fingerprint density at radius 2 is 2.00 bits per heavy atom. The van der Waals surface area contributed by atoms with Gasteiger partial charge in [0, 0.05) is 39.3 Å². The standard InChI is InChI=1S/C18H27ClN4O/c1-12-16(19)17(21(2)20-12)18(24)23-10-14-6-7-15(11-23)22(9-14)8-13-4-3-5-13/h13-15H,3-11H2,1-2H3. The first-order valence-electron chi connectivity index (χ1n) is 9.25. The zero-order chi connectivity index (χ0) is 16.8. The normalized spacial score (nSPS) is 28.0. The zero-order valence-electron chi connectivity index (χ0n) is 14.7. The van der Waals surface area contributed by atoms with Gasteiger partial charge < -0.3 is 4.90 Å². The Hall–Kier alpha value is -1.07. The summed E-state index contributed by atoms with van der Waals surface area (Å²) in [5.41, 5.74) is 1.27. The molecule has 3 saturated heterocycles. The van der Waals surface area contributed by atoms with Crippen molar-refractivity contribution in [3.8, 4) is 0 Å². The second-order valence-electron chi connectivity index (χ2n) is 7.93. The summed E-state index contributed by atoms with van der Waals surface area (Å²) < 4.78 is 1.64. The molecule has 0 aromatic carbocycles. The van der Waals surface area contributed by atoms with Crippen molar-refractivity contribution >= 4 is 17.5 Å². The lowest BCUT2D eigenvalue weighted by atomic mass is 9.83. The molecule has 132 valence electrons. The van der Waals surface area contributed by atoms with E-state index in [1.165, 1.54) is 38.6 Å². The van der Waals surface area contributed by atoms with Gasteiger partial charge in [-0.2, -0.15) is 5.10 Å². The highest BCUT2D eigenvalue weighted by Crippen LogP contribution is 2.34. The number of carbonyl (C=O) groups is 1. The number of piperidine rings is 1. The van der Waals surface area contributed by atoms with Crippen LogP contribution >= 0.6 is 11.6 Å². The number of carbonyl (C=O) groups excluding carboxylic acids is 1. The molecule has 2 atom stereocenters. The summed E-state index contributed by atoms with van der Waals surface area (Å²) in [6.45, 7) is 5.93. The van der Waals surface area contributed by atoms with E-state index in [1.807, 2.05) is 11.8 Å². The summed E-state index contributed by atoms with van der Waals surface area (Å²) in [6, 6.07) is 0.515. The predicted molar refractivity (Wildman–Crippen MR) is 94.3 cm³/mol. The quantitative estimate of drug-likeness (QED) is 0.841. The highest BCUT2D eigenvalue weighted by molar-refractivity contribution is 6.34. The summed E-state index contributed by atoms with van der Waals surface area (Å²) in [5, 5.41) is 4.81. The van der Waals surface area contributed by atoms with E-state index >= 15 is 0 Å². The molecule has 24 heavy (non-hydrogen) atoms. The van der Waals surface area contributed by atoms with E-state index in [2.05, 4.69) is 10.00 Å². The molecular formula is C18H27ClN4O. The number of aromatic nitrogens is 2. The van der Waals surface area contributed by atoms with E-state index < -0.39 is 0 Å². The Balaban J connectivity index is 1.51. The Bertz CT molecular complexity index is 639. The van der Waals surface area contributed by atoms with Gasteiger partial charge >= 0.3 is 0 Å². The van der Waals surface area contributed by atoms with E-state index in [0.29, 0.717) is 22.7 Å². The van der Waals surface area contributed by atoms with Gasteiger partial charge in [0.1, 0.15) is 5.69 Å². The van der Waals surface area contributed by atoms with Crippen LogP contribution in [0.4, 0.5) is 0 Å². The lowest BCUT2D eigenvalue weighted by Crippen LogP contribution is -2.47. The molecular weight excluding hydrogens is 324 g/mol. The lowest BCUT2D eigenvalue weighted by molar-refractivity contribution is 0.0707. The van der Waals surface area contributed by atoms with Crippen molar-refractivity contribution in [2.45, 2.75) is 45.1 Å². The molecule has 1 saturated carbocycles. The van der Waals surface area contributed by atoms with Crippen molar-refractivity contribution in [2.24, 2.45) is 18.9 Å². The van der Waals surface area contributed by atoms with E-state index in [4.69, 9.17) is 11.6 Å². The molecule has 0 N–H and O–H groups in total. The summed E-state index contributed by atoms with van der Waals surface area (Å²) in [6.07, 6.45) is 6.64. The molecule has 1 aromatic heterocycles. The van der Waals surface area contributed by atoms with Gasteiger partial charge in [-0.3, -0.25) is 14.4 Å². The number of halogens is 1. The van der Waals surface area contributed by atoms with Crippen LogP contribution < -0.4 is 0 Å². The van der Waals surface area contributed by atoms with Gasteiger partial charge in [-0.15, -0.1) is 0 Å². The van der Waals surface area contributed by atoms with Crippen LogP contribution in [-0.4, -0.2) is 57.7 Å². The number of nitrogens with zero attached hydrogens (tertiary/aromatic N) is 4. The minimum atomic E-state index is 0.0468. The maximum absolute atomic E-state index is 13.1. The molecule has 5 rings (SSSR count). The number of amides is 1. The number of rotatable bonds is 3. The maximum atomic E-state index is 13.1. The average molecular weight is 351 g/mol. The van der Waals surface area contributed by atoms with Gasteiger partial charge in [0.2, 0.25) is 0 Å². The van der Waals surface area contributed by atoms with Gasteiger partial charge in [-0.05, 0) is 44.4 Å². The first-order valence-corrected chi connectivity index (χ1v) is 9.63. The van der Waals surface area contributed by atoms with Crippen LogP contribution in [0.25, 0.3) is 0 Å². The van der Waals surface area contributed by atoms with E-state index in [-0.39, 0.29) is 5.91 Å². The molecule has 2 bridgehead atoms. The fourth-order valence-electron chi connectivity index (χ4n) is 4.59. The van der Waals surface area contributed by atoms with Gasteiger partial charge in [0.25, 0.3) is 5.91 Å². The van der Waals surface area contributed by atoms with E-state index in [9.17, 15) is 4.79 Å². The van der Waals surface area contributed by atoms with Gasteiger partial charge in [-0.25, -0.2) is 0 Å². The summed E-state index contributed by atoms with van der Waals surface area (Å²) >= 11 is 6.34. The Morgan fingerprint density at radius 1 is 1.21 bits per heavy atom. The van der Waals surface area contributed by atoms with Crippen molar-refractivity contribution in [3.05, 3.63) is 16.4 Å². The van der Waals surface area contributed by atoms with Crippen molar-refractivity contribution in [1.82, 2.24) is 19.6 Å². The van der Waals surface area contributed by atoms with Crippen molar-refractivity contribution in [2.75, 3.05) is 26.2 Å². The third kappa shape index (κ3) is 2.86. The fourth-order valence-corrected chi connectivity index (χ4v) is 4.83. The molecule has 0 spiro atoms. The van der Waals surface area contributed by atoms with Crippen molar-refractivity contribution in [3.63, 3.8) is 0 Å². The van der Waals surface area contributed by atoms with Crippen LogP contribution in [0, 0.1) is 18.8 Å². The Kier molecular flexibility index (Phi) is 4.33.